The third kappa shape index (κ3) is 2.34. The number of nitrogens with zero attached hydrogens (tertiary/aromatic N) is 2. The van der Waals surface area contributed by atoms with Crippen LogP contribution in [0.1, 0.15) is 37.3 Å². The van der Waals surface area contributed by atoms with E-state index in [0.717, 1.165) is 30.3 Å². The molecule has 2 atom stereocenters. The van der Waals surface area contributed by atoms with Crippen LogP contribution in [-0.2, 0) is 6.54 Å². The van der Waals surface area contributed by atoms with Crippen molar-refractivity contribution in [2.24, 2.45) is 5.92 Å². The molecule has 2 aromatic rings. The van der Waals surface area contributed by atoms with Gasteiger partial charge in [-0.1, -0.05) is 36.8 Å². The summed E-state index contributed by atoms with van der Waals surface area (Å²) >= 11 is 0. The second-order valence-electron chi connectivity index (χ2n) is 7.82. The Morgan fingerprint density at radius 1 is 0.917 bits per heavy atom. The lowest BCUT2D eigenvalue weighted by atomic mass is 9.80. The molecule has 1 aromatic heterocycles. The summed E-state index contributed by atoms with van der Waals surface area (Å²) in [4.78, 5) is 15.4. The molecule has 1 saturated carbocycles. The molecule has 2 fully saturated rings. The molecule has 5 rings (SSSR count). The van der Waals surface area contributed by atoms with Crippen molar-refractivity contribution < 1.29 is 0 Å². The Kier molecular flexibility index (Phi) is 3.37. The summed E-state index contributed by atoms with van der Waals surface area (Å²) in [5.41, 5.74) is 3.66. The smallest absolute Gasteiger partial charge is 0.251 e. The van der Waals surface area contributed by atoms with Gasteiger partial charge < -0.3 is 4.57 Å². The van der Waals surface area contributed by atoms with Gasteiger partial charge in [0, 0.05) is 43.4 Å². The minimum absolute atomic E-state index is 0.179. The van der Waals surface area contributed by atoms with Gasteiger partial charge in [-0.25, -0.2) is 0 Å². The monoisotopic (exact) mass is 320 g/mol. The number of fused-ring (bicyclic) bond motifs is 4. The van der Waals surface area contributed by atoms with Crippen molar-refractivity contribution >= 4 is 0 Å². The summed E-state index contributed by atoms with van der Waals surface area (Å²) in [6.45, 7) is 3.23. The molecular weight excluding hydrogens is 296 g/mol. The first-order chi connectivity index (χ1) is 11.8. The molecule has 0 radical (unpaired) electrons. The highest BCUT2D eigenvalue weighted by molar-refractivity contribution is 5.63. The van der Waals surface area contributed by atoms with E-state index < -0.39 is 0 Å². The summed E-state index contributed by atoms with van der Waals surface area (Å²) in [5.74, 6) is 1.17. The quantitative estimate of drug-likeness (QED) is 0.846. The van der Waals surface area contributed by atoms with Crippen LogP contribution in [0.4, 0.5) is 0 Å². The van der Waals surface area contributed by atoms with Gasteiger partial charge in [-0.3, -0.25) is 9.69 Å². The maximum Gasteiger partial charge on any atom is 0.251 e. The first-order valence-corrected chi connectivity index (χ1v) is 9.32. The maximum absolute atomic E-state index is 12.7. The van der Waals surface area contributed by atoms with Gasteiger partial charge in [0.25, 0.3) is 5.56 Å². The van der Waals surface area contributed by atoms with Crippen LogP contribution in [0.2, 0.25) is 0 Å². The largest absolute Gasteiger partial charge is 0.312 e. The highest BCUT2D eigenvalue weighted by atomic mass is 16.1. The zero-order valence-electron chi connectivity index (χ0n) is 14.0. The molecule has 124 valence electrons. The fraction of sp³-hybridized carbons (Fsp3) is 0.476. The van der Waals surface area contributed by atoms with Gasteiger partial charge in [0.15, 0.2) is 0 Å². The molecule has 3 heterocycles. The van der Waals surface area contributed by atoms with Gasteiger partial charge in [0.05, 0.1) is 0 Å². The number of aromatic nitrogens is 1. The topological polar surface area (TPSA) is 25.2 Å². The lowest BCUT2D eigenvalue weighted by Crippen LogP contribution is -2.52. The second-order valence-corrected chi connectivity index (χ2v) is 7.82. The summed E-state index contributed by atoms with van der Waals surface area (Å²) < 4.78 is 2.06. The van der Waals surface area contributed by atoms with Crippen LogP contribution < -0.4 is 5.56 Å². The summed E-state index contributed by atoms with van der Waals surface area (Å²) in [5, 5.41) is 0. The van der Waals surface area contributed by atoms with Gasteiger partial charge in [-0.05, 0) is 42.4 Å². The Hall–Kier alpha value is -1.87. The van der Waals surface area contributed by atoms with Crippen LogP contribution in [0.3, 0.4) is 0 Å². The van der Waals surface area contributed by atoms with E-state index in [1.807, 2.05) is 24.3 Å². The maximum atomic E-state index is 12.7. The van der Waals surface area contributed by atoms with Crippen LogP contribution in [0.15, 0.2) is 47.3 Å². The van der Waals surface area contributed by atoms with E-state index in [1.165, 1.54) is 37.9 Å². The number of piperidine rings is 1. The van der Waals surface area contributed by atoms with Crippen molar-refractivity contribution in [1.29, 1.82) is 0 Å². The van der Waals surface area contributed by atoms with Gasteiger partial charge in [0.1, 0.15) is 0 Å². The van der Waals surface area contributed by atoms with Crippen molar-refractivity contribution in [3.05, 3.63) is 58.5 Å². The average Bonchev–Trinajstić information content (AvgIpc) is 2.55. The predicted molar refractivity (Wildman–Crippen MR) is 96.2 cm³/mol. The molecule has 2 aliphatic heterocycles. The van der Waals surface area contributed by atoms with Crippen LogP contribution in [0.25, 0.3) is 11.1 Å². The van der Waals surface area contributed by atoms with Gasteiger partial charge in [0.2, 0.25) is 0 Å². The zero-order chi connectivity index (χ0) is 16.1. The molecule has 3 heteroatoms. The van der Waals surface area contributed by atoms with Crippen LogP contribution >= 0.6 is 0 Å². The average molecular weight is 320 g/mol. The van der Waals surface area contributed by atoms with E-state index in [1.54, 1.807) is 0 Å². The number of hydrogen-bond donors (Lipinski definition) is 0. The molecule has 0 unspecified atom stereocenters. The standard InChI is InChI=1S/C21H24N2O/c24-21-11-17(16-5-2-1-3-6-16)10-20-18-9-15(13-23(20)21)12-22(14-18)19-7-4-8-19/h1-3,5-6,10-11,15,18-19H,4,7-9,12-14H2/t15-,18+/m0/s1. The van der Waals surface area contributed by atoms with Crippen molar-refractivity contribution in [3.63, 3.8) is 0 Å². The molecule has 1 saturated heterocycles. The molecule has 2 bridgehead atoms. The fourth-order valence-electron chi connectivity index (χ4n) is 4.84. The summed E-state index contributed by atoms with van der Waals surface area (Å²) in [7, 11) is 0. The Bertz CT molecular complexity index is 806. The Balaban J connectivity index is 1.54. The van der Waals surface area contributed by atoms with Gasteiger partial charge in [-0.15, -0.1) is 0 Å². The van der Waals surface area contributed by atoms with E-state index in [9.17, 15) is 4.79 Å². The number of hydrogen-bond acceptors (Lipinski definition) is 2. The molecule has 3 nitrogen and oxygen atoms in total. The minimum Gasteiger partial charge on any atom is -0.312 e. The minimum atomic E-state index is 0.179. The molecule has 3 aliphatic rings. The van der Waals surface area contributed by atoms with Crippen molar-refractivity contribution in [1.82, 2.24) is 9.47 Å². The first-order valence-electron chi connectivity index (χ1n) is 9.32. The van der Waals surface area contributed by atoms with E-state index in [4.69, 9.17) is 0 Å². The Labute approximate surface area is 142 Å². The molecule has 1 aromatic carbocycles. The normalized spacial score (nSPS) is 26.7. The first kappa shape index (κ1) is 14.5. The van der Waals surface area contributed by atoms with E-state index in [2.05, 4.69) is 27.7 Å². The van der Waals surface area contributed by atoms with E-state index in [0.29, 0.717) is 11.8 Å². The van der Waals surface area contributed by atoms with Crippen LogP contribution in [0.5, 0.6) is 0 Å². The van der Waals surface area contributed by atoms with Crippen molar-refractivity contribution in [3.8, 4) is 11.1 Å². The number of likely N-dealkylation sites (tertiary alicyclic amines) is 1. The molecular formula is C21H24N2O. The van der Waals surface area contributed by atoms with Crippen molar-refractivity contribution in [2.75, 3.05) is 13.1 Å². The van der Waals surface area contributed by atoms with Crippen LogP contribution in [0, 0.1) is 5.92 Å². The van der Waals surface area contributed by atoms with E-state index >= 15 is 0 Å². The molecule has 0 N–H and O–H groups in total. The number of pyridine rings is 1. The molecule has 0 spiro atoms. The number of benzene rings is 1. The Morgan fingerprint density at radius 2 is 1.75 bits per heavy atom. The summed E-state index contributed by atoms with van der Waals surface area (Å²) in [6.07, 6.45) is 5.39. The highest BCUT2D eigenvalue weighted by Crippen LogP contribution is 2.39. The molecule has 24 heavy (non-hydrogen) atoms. The SMILES string of the molecule is O=c1cc(-c2ccccc2)cc2n1C[C@H]1C[C@@H]2CN(C2CCC2)C1. The molecule has 0 amide bonds. The third-order valence-electron chi connectivity index (χ3n) is 6.28. The Morgan fingerprint density at radius 3 is 2.50 bits per heavy atom. The third-order valence-corrected chi connectivity index (χ3v) is 6.28. The second kappa shape index (κ2) is 5.59. The van der Waals surface area contributed by atoms with E-state index in [-0.39, 0.29) is 5.56 Å². The van der Waals surface area contributed by atoms with Crippen molar-refractivity contribution in [2.45, 2.75) is 44.2 Å². The lowest BCUT2D eigenvalue weighted by molar-refractivity contribution is 0.0477. The lowest BCUT2D eigenvalue weighted by Gasteiger charge is -2.48. The molecule has 1 aliphatic carbocycles. The zero-order valence-corrected chi connectivity index (χ0v) is 14.0. The highest BCUT2D eigenvalue weighted by Gasteiger charge is 2.38. The number of rotatable bonds is 2. The predicted octanol–water partition coefficient (Wildman–Crippen LogP) is 3.49. The van der Waals surface area contributed by atoms with Crippen LogP contribution in [-0.4, -0.2) is 28.6 Å². The van der Waals surface area contributed by atoms with Gasteiger partial charge >= 0.3 is 0 Å². The van der Waals surface area contributed by atoms with Gasteiger partial charge in [-0.2, -0.15) is 0 Å². The summed E-state index contributed by atoms with van der Waals surface area (Å²) in [6, 6.07) is 15.2. The fourth-order valence-corrected chi connectivity index (χ4v) is 4.84.